The van der Waals surface area contributed by atoms with Crippen LogP contribution in [0, 0.1) is 6.92 Å². The first-order valence-electron chi connectivity index (χ1n) is 8.19. The van der Waals surface area contributed by atoms with Crippen molar-refractivity contribution in [3.8, 4) is 0 Å². The summed E-state index contributed by atoms with van der Waals surface area (Å²) in [6.45, 7) is 7.77. The fraction of sp³-hybridized carbons (Fsp3) is 0.500. The van der Waals surface area contributed by atoms with Crippen molar-refractivity contribution in [3.63, 3.8) is 0 Å². The van der Waals surface area contributed by atoms with Gasteiger partial charge in [0.1, 0.15) is 0 Å². The average Bonchev–Trinajstić information content (AvgIpc) is 2.90. The number of cyclic esters (lactones) is 1. The first kappa shape index (κ1) is 17.3. The van der Waals surface area contributed by atoms with Gasteiger partial charge in [0.2, 0.25) is 0 Å². The maximum Gasteiger partial charge on any atom is 0.412 e. The minimum absolute atomic E-state index is 0.404. The summed E-state index contributed by atoms with van der Waals surface area (Å²) in [4.78, 5) is 17.1. The highest BCUT2D eigenvalue weighted by Crippen LogP contribution is 2.39. The molecule has 0 saturated carbocycles. The zero-order valence-electron chi connectivity index (χ0n) is 14.4. The molecule has 2 N–H and O–H groups in total. The second-order valence-corrected chi connectivity index (χ2v) is 7.71. The van der Waals surface area contributed by atoms with Gasteiger partial charge in [-0.25, -0.2) is 4.79 Å². The predicted molar refractivity (Wildman–Crippen MR) is 96.9 cm³/mol. The lowest BCUT2D eigenvalue weighted by atomic mass is 9.90. The van der Waals surface area contributed by atoms with Gasteiger partial charge >= 0.3 is 6.09 Å². The van der Waals surface area contributed by atoms with Crippen LogP contribution in [0.5, 0.6) is 0 Å². The van der Waals surface area contributed by atoms with Crippen molar-refractivity contribution in [2.75, 3.05) is 6.54 Å². The maximum absolute atomic E-state index is 12.3. The van der Waals surface area contributed by atoms with Crippen molar-refractivity contribution < 1.29 is 14.6 Å². The molecule has 1 aromatic carbocycles. The zero-order valence-corrected chi connectivity index (χ0v) is 16.0. The van der Waals surface area contributed by atoms with E-state index in [0.717, 1.165) is 26.6 Å². The lowest BCUT2D eigenvalue weighted by Crippen LogP contribution is -2.55. The molecule has 2 aromatic rings. The van der Waals surface area contributed by atoms with Crippen LogP contribution in [0.25, 0.3) is 10.9 Å². The number of carbonyl (C=O) groups is 1. The van der Waals surface area contributed by atoms with E-state index < -0.39 is 17.4 Å². The first-order chi connectivity index (χ1) is 11.2. The minimum Gasteiger partial charge on any atom is -0.438 e. The van der Waals surface area contributed by atoms with Crippen molar-refractivity contribution >= 4 is 32.9 Å². The Morgan fingerprint density at radius 1 is 1.38 bits per heavy atom. The van der Waals surface area contributed by atoms with Crippen molar-refractivity contribution in [2.24, 2.45) is 0 Å². The molecule has 1 aliphatic heterocycles. The number of carbonyl (C=O) groups excluding carboxylic acids is 1. The van der Waals surface area contributed by atoms with Gasteiger partial charge in [-0.1, -0.05) is 22.9 Å². The Labute approximate surface area is 150 Å². The number of aromatic amines is 1. The highest BCUT2D eigenvalue weighted by Gasteiger charge is 2.58. The van der Waals surface area contributed by atoms with Crippen LogP contribution in [-0.4, -0.2) is 39.0 Å². The molecule has 24 heavy (non-hydrogen) atoms. The topological polar surface area (TPSA) is 65.6 Å². The molecular weight excluding hydrogens is 372 g/mol. The minimum atomic E-state index is -1.32. The molecular formula is C18H23BrN2O3. The third-order valence-corrected chi connectivity index (χ3v) is 5.90. The van der Waals surface area contributed by atoms with E-state index in [9.17, 15) is 9.90 Å². The van der Waals surface area contributed by atoms with Gasteiger partial charge in [-0.15, -0.1) is 0 Å². The molecule has 1 aromatic heterocycles. The van der Waals surface area contributed by atoms with E-state index in [4.69, 9.17) is 4.74 Å². The summed E-state index contributed by atoms with van der Waals surface area (Å²) in [5, 5.41) is 12.0. The van der Waals surface area contributed by atoms with Crippen LogP contribution in [0.15, 0.2) is 22.7 Å². The summed E-state index contributed by atoms with van der Waals surface area (Å²) < 4.78 is 6.47. The number of amides is 1. The molecule has 0 spiro atoms. The molecule has 1 amide bonds. The quantitative estimate of drug-likeness (QED) is 0.819. The van der Waals surface area contributed by atoms with Crippen molar-refractivity contribution in [3.05, 3.63) is 33.9 Å². The number of rotatable bonds is 4. The molecule has 130 valence electrons. The van der Waals surface area contributed by atoms with E-state index in [0.29, 0.717) is 19.4 Å². The molecule has 1 fully saturated rings. The number of H-pyrrole nitrogens is 1. The van der Waals surface area contributed by atoms with Crippen LogP contribution in [0.1, 0.15) is 38.4 Å². The summed E-state index contributed by atoms with van der Waals surface area (Å²) >= 11 is 3.51. The van der Waals surface area contributed by atoms with Crippen LogP contribution in [0.3, 0.4) is 0 Å². The highest BCUT2D eigenvalue weighted by molar-refractivity contribution is 9.10. The highest BCUT2D eigenvalue weighted by atomic mass is 79.9. The van der Waals surface area contributed by atoms with E-state index in [1.54, 1.807) is 13.8 Å². The van der Waals surface area contributed by atoms with Crippen LogP contribution >= 0.6 is 15.9 Å². The lowest BCUT2D eigenvalue weighted by molar-refractivity contribution is -0.137. The number of aliphatic hydroxyl groups is 1. The number of nitrogens with one attached hydrogen (secondary N) is 1. The van der Waals surface area contributed by atoms with E-state index in [2.05, 4.69) is 27.0 Å². The van der Waals surface area contributed by atoms with Crippen molar-refractivity contribution in [1.29, 1.82) is 0 Å². The van der Waals surface area contributed by atoms with Crippen molar-refractivity contribution in [2.45, 2.75) is 51.9 Å². The second-order valence-electron chi connectivity index (χ2n) is 6.79. The molecule has 0 radical (unpaired) electrons. The number of aryl methyl sites for hydroxylation is 1. The number of ether oxygens (including phenoxy) is 1. The summed E-state index contributed by atoms with van der Waals surface area (Å²) in [6, 6.07) is 6.10. The monoisotopic (exact) mass is 394 g/mol. The molecule has 0 bridgehead atoms. The molecule has 2 heterocycles. The third-order valence-electron chi connectivity index (χ3n) is 5.40. The molecule has 2 atom stereocenters. The van der Waals surface area contributed by atoms with Crippen LogP contribution in [-0.2, 0) is 11.2 Å². The van der Waals surface area contributed by atoms with Gasteiger partial charge in [-0.3, -0.25) is 4.90 Å². The van der Waals surface area contributed by atoms with Gasteiger partial charge in [0.05, 0.1) is 0 Å². The Morgan fingerprint density at radius 3 is 2.71 bits per heavy atom. The number of fused-ring (bicyclic) bond motifs is 1. The van der Waals surface area contributed by atoms with Gasteiger partial charge in [-0.05, 0) is 57.4 Å². The summed E-state index contributed by atoms with van der Waals surface area (Å²) in [7, 11) is 0. The second kappa shape index (κ2) is 5.77. The molecule has 5 nitrogen and oxygen atoms in total. The fourth-order valence-corrected chi connectivity index (χ4v) is 3.79. The van der Waals surface area contributed by atoms with Gasteiger partial charge in [0.15, 0.2) is 11.3 Å². The lowest BCUT2D eigenvalue weighted by Gasteiger charge is -2.36. The Bertz CT molecular complexity index is 799. The van der Waals surface area contributed by atoms with E-state index in [-0.39, 0.29) is 0 Å². The van der Waals surface area contributed by atoms with Crippen LogP contribution in [0.4, 0.5) is 4.79 Å². The number of benzene rings is 1. The number of hydrogen-bond donors (Lipinski definition) is 2. The first-order valence-corrected chi connectivity index (χ1v) is 8.98. The standard InChI is InChI=1S/C18H23BrN2O3/c1-5-17(3)18(4,23)21(16(22)24-17)9-8-13-11(2)20-15-7-6-12(19)10-14(13)15/h6-7,10,20,23H,5,8-9H2,1-4H3/t17-,18+/m0/s1. The van der Waals surface area contributed by atoms with Gasteiger partial charge in [0.25, 0.3) is 0 Å². The SMILES string of the molecule is CC[C@]1(C)OC(=O)N(CCc2c(C)[nH]c3ccc(Br)cc23)[C@]1(C)O. The Morgan fingerprint density at radius 2 is 2.08 bits per heavy atom. The van der Waals surface area contributed by atoms with Gasteiger partial charge in [0, 0.05) is 27.6 Å². The Kier molecular flexibility index (Phi) is 4.16. The largest absolute Gasteiger partial charge is 0.438 e. The molecule has 3 rings (SSSR count). The summed E-state index contributed by atoms with van der Waals surface area (Å²) in [5.74, 6) is 0. The maximum atomic E-state index is 12.3. The predicted octanol–water partition coefficient (Wildman–Crippen LogP) is 4.11. The third kappa shape index (κ3) is 2.52. The zero-order chi connectivity index (χ0) is 17.7. The normalized spacial score (nSPS) is 27.1. The number of aromatic nitrogens is 1. The fourth-order valence-electron chi connectivity index (χ4n) is 3.42. The van der Waals surface area contributed by atoms with Crippen LogP contribution in [0.2, 0.25) is 0 Å². The van der Waals surface area contributed by atoms with Gasteiger partial charge in [-0.2, -0.15) is 0 Å². The van der Waals surface area contributed by atoms with E-state index in [1.807, 2.05) is 26.0 Å². The smallest absolute Gasteiger partial charge is 0.412 e. The molecule has 6 heteroatoms. The number of hydrogen-bond acceptors (Lipinski definition) is 3. The number of halogens is 1. The molecule has 1 saturated heterocycles. The molecule has 1 aliphatic rings. The number of nitrogens with zero attached hydrogens (tertiary/aromatic N) is 1. The van der Waals surface area contributed by atoms with E-state index in [1.165, 1.54) is 4.90 Å². The molecule has 0 unspecified atom stereocenters. The van der Waals surface area contributed by atoms with E-state index >= 15 is 0 Å². The molecule has 0 aliphatic carbocycles. The van der Waals surface area contributed by atoms with Crippen LogP contribution < -0.4 is 0 Å². The van der Waals surface area contributed by atoms with Gasteiger partial charge < -0.3 is 14.8 Å². The Hall–Kier alpha value is -1.53. The summed E-state index contributed by atoms with van der Waals surface area (Å²) in [5.41, 5.74) is 1.09. The average molecular weight is 395 g/mol. The summed E-state index contributed by atoms with van der Waals surface area (Å²) in [6.07, 6.45) is 0.747. The van der Waals surface area contributed by atoms with Crippen molar-refractivity contribution in [1.82, 2.24) is 9.88 Å². The Balaban J connectivity index is 1.88.